The quantitative estimate of drug-likeness (QED) is 0.873. The summed E-state index contributed by atoms with van der Waals surface area (Å²) in [7, 11) is 0. The van der Waals surface area contributed by atoms with E-state index < -0.39 is 0 Å². The Morgan fingerprint density at radius 1 is 1.29 bits per heavy atom. The Kier molecular flexibility index (Phi) is 6.43. The lowest BCUT2D eigenvalue weighted by molar-refractivity contribution is 0.435. The van der Waals surface area contributed by atoms with E-state index in [0.717, 1.165) is 43.7 Å². The molecule has 1 fully saturated rings. The van der Waals surface area contributed by atoms with Crippen LogP contribution in [0.2, 0.25) is 0 Å². The summed E-state index contributed by atoms with van der Waals surface area (Å²) < 4.78 is 0. The highest BCUT2D eigenvalue weighted by molar-refractivity contribution is 5.33. The minimum Gasteiger partial charge on any atom is -0.341 e. The summed E-state index contributed by atoms with van der Waals surface area (Å²) in [6.45, 7) is 10.6. The zero-order valence-electron chi connectivity index (χ0n) is 13.9. The highest BCUT2D eigenvalue weighted by Gasteiger charge is 2.18. The number of hydrogen-bond acceptors (Lipinski definition) is 4. The van der Waals surface area contributed by atoms with Crippen LogP contribution in [0.3, 0.4) is 0 Å². The number of anilines is 1. The molecule has 0 aromatic carbocycles. The van der Waals surface area contributed by atoms with Crippen molar-refractivity contribution in [2.45, 2.75) is 59.4 Å². The summed E-state index contributed by atoms with van der Waals surface area (Å²) in [5.41, 5.74) is 2.31. The first-order valence-electron chi connectivity index (χ1n) is 8.52. The minimum atomic E-state index is 0.862. The molecule has 0 saturated carbocycles. The molecule has 0 amide bonds. The van der Waals surface area contributed by atoms with Gasteiger partial charge in [0, 0.05) is 37.1 Å². The average molecular weight is 290 g/mol. The molecule has 1 aliphatic heterocycles. The van der Waals surface area contributed by atoms with E-state index in [1.807, 2.05) is 6.20 Å². The van der Waals surface area contributed by atoms with E-state index in [-0.39, 0.29) is 0 Å². The van der Waals surface area contributed by atoms with Gasteiger partial charge in [-0.2, -0.15) is 0 Å². The van der Waals surface area contributed by atoms with Crippen LogP contribution in [0.4, 0.5) is 5.95 Å². The monoisotopic (exact) mass is 290 g/mol. The van der Waals surface area contributed by atoms with Gasteiger partial charge in [0.2, 0.25) is 5.95 Å². The van der Waals surface area contributed by atoms with E-state index >= 15 is 0 Å². The van der Waals surface area contributed by atoms with Crippen LogP contribution in [0.25, 0.3) is 0 Å². The molecule has 0 spiro atoms. The van der Waals surface area contributed by atoms with Crippen molar-refractivity contribution < 1.29 is 0 Å². The van der Waals surface area contributed by atoms with Gasteiger partial charge in [0.1, 0.15) is 0 Å². The fourth-order valence-electron chi connectivity index (χ4n) is 3.13. The van der Waals surface area contributed by atoms with Crippen molar-refractivity contribution in [1.29, 1.82) is 0 Å². The lowest BCUT2D eigenvalue weighted by atomic mass is 9.96. The van der Waals surface area contributed by atoms with E-state index in [1.54, 1.807) is 0 Å². The number of hydrogen-bond donors (Lipinski definition) is 1. The molecule has 1 aromatic heterocycles. The Balaban J connectivity index is 1.99. The molecule has 1 N–H and O–H groups in total. The van der Waals surface area contributed by atoms with Crippen LogP contribution in [0.5, 0.6) is 0 Å². The molecule has 1 unspecified atom stereocenters. The SMILES string of the molecule is CCCC1CCCN(c2ncc(CNCC)c(C)n2)CC1. The molecule has 118 valence electrons. The topological polar surface area (TPSA) is 41.1 Å². The number of nitrogens with one attached hydrogen (secondary N) is 1. The molecule has 1 saturated heterocycles. The van der Waals surface area contributed by atoms with Gasteiger partial charge in [-0.1, -0.05) is 26.7 Å². The van der Waals surface area contributed by atoms with E-state index in [1.165, 1.54) is 37.7 Å². The molecule has 0 aliphatic carbocycles. The molecule has 2 rings (SSSR count). The Labute approximate surface area is 129 Å². The Bertz CT molecular complexity index is 433. The number of aromatic nitrogens is 2. The summed E-state index contributed by atoms with van der Waals surface area (Å²) in [5, 5.41) is 3.34. The van der Waals surface area contributed by atoms with Gasteiger partial charge in [-0.25, -0.2) is 9.97 Å². The van der Waals surface area contributed by atoms with Gasteiger partial charge >= 0.3 is 0 Å². The van der Waals surface area contributed by atoms with Crippen molar-refractivity contribution >= 4 is 5.95 Å². The predicted octanol–water partition coefficient (Wildman–Crippen LogP) is 3.30. The standard InChI is InChI=1S/C17H30N4/c1-4-7-15-8-6-10-21(11-9-15)17-19-13-16(12-18-5-2)14(3)20-17/h13,15,18H,4-12H2,1-3H3. The van der Waals surface area contributed by atoms with E-state index in [9.17, 15) is 0 Å². The molecule has 0 radical (unpaired) electrons. The van der Waals surface area contributed by atoms with Crippen LogP contribution in [-0.2, 0) is 6.54 Å². The molecule has 0 bridgehead atoms. The zero-order chi connectivity index (χ0) is 15.1. The molecule has 1 aliphatic rings. The lowest BCUT2D eigenvalue weighted by Gasteiger charge is -2.21. The molecule has 4 nitrogen and oxygen atoms in total. The van der Waals surface area contributed by atoms with E-state index in [2.05, 4.69) is 36.0 Å². The zero-order valence-corrected chi connectivity index (χ0v) is 13.9. The fourth-order valence-corrected chi connectivity index (χ4v) is 3.13. The van der Waals surface area contributed by atoms with Crippen molar-refractivity contribution in [3.05, 3.63) is 17.5 Å². The van der Waals surface area contributed by atoms with Crippen molar-refractivity contribution in [3.63, 3.8) is 0 Å². The van der Waals surface area contributed by atoms with Gasteiger partial charge in [-0.3, -0.25) is 0 Å². The largest absolute Gasteiger partial charge is 0.341 e. The van der Waals surface area contributed by atoms with Crippen LogP contribution >= 0.6 is 0 Å². The number of aryl methyl sites for hydroxylation is 1. The predicted molar refractivity (Wildman–Crippen MR) is 88.6 cm³/mol. The summed E-state index contributed by atoms with van der Waals surface area (Å²) in [6, 6.07) is 0. The first kappa shape index (κ1) is 16.2. The van der Waals surface area contributed by atoms with E-state index in [0.29, 0.717) is 0 Å². The van der Waals surface area contributed by atoms with Crippen LogP contribution < -0.4 is 10.2 Å². The second-order valence-corrected chi connectivity index (χ2v) is 6.13. The van der Waals surface area contributed by atoms with E-state index in [4.69, 9.17) is 4.98 Å². The third kappa shape index (κ3) is 4.67. The summed E-state index contributed by atoms with van der Waals surface area (Å²) in [4.78, 5) is 11.7. The van der Waals surface area contributed by atoms with Crippen molar-refractivity contribution in [3.8, 4) is 0 Å². The van der Waals surface area contributed by atoms with Gasteiger partial charge in [0.25, 0.3) is 0 Å². The molecule has 1 aromatic rings. The van der Waals surface area contributed by atoms with Gasteiger partial charge in [0.05, 0.1) is 0 Å². The second kappa shape index (κ2) is 8.32. The molecule has 2 heterocycles. The molecule has 1 atom stereocenters. The smallest absolute Gasteiger partial charge is 0.225 e. The molecule has 21 heavy (non-hydrogen) atoms. The summed E-state index contributed by atoms with van der Waals surface area (Å²) >= 11 is 0. The Hall–Kier alpha value is -1.16. The van der Waals surface area contributed by atoms with Gasteiger partial charge in [-0.15, -0.1) is 0 Å². The van der Waals surface area contributed by atoms with Gasteiger partial charge in [-0.05, 0) is 38.6 Å². The lowest BCUT2D eigenvalue weighted by Crippen LogP contribution is -2.27. The molecule has 4 heteroatoms. The molecular formula is C17H30N4. The number of nitrogens with zero attached hydrogens (tertiary/aromatic N) is 3. The number of rotatable bonds is 6. The highest BCUT2D eigenvalue weighted by atomic mass is 15.2. The highest BCUT2D eigenvalue weighted by Crippen LogP contribution is 2.24. The van der Waals surface area contributed by atoms with Crippen LogP contribution in [0.15, 0.2) is 6.20 Å². The average Bonchev–Trinajstić information content (AvgIpc) is 2.72. The molecular weight excluding hydrogens is 260 g/mol. The van der Waals surface area contributed by atoms with Gasteiger partial charge in [0.15, 0.2) is 0 Å². The normalized spacial score (nSPS) is 19.6. The van der Waals surface area contributed by atoms with Crippen LogP contribution in [-0.4, -0.2) is 29.6 Å². The Morgan fingerprint density at radius 3 is 2.86 bits per heavy atom. The van der Waals surface area contributed by atoms with Crippen molar-refractivity contribution in [2.75, 3.05) is 24.5 Å². The summed E-state index contributed by atoms with van der Waals surface area (Å²) in [6.07, 6.45) is 8.59. The minimum absolute atomic E-state index is 0.862. The fraction of sp³-hybridized carbons (Fsp3) is 0.765. The van der Waals surface area contributed by atoms with Crippen LogP contribution in [0.1, 0.15) is 57.2 Å². The maximum Gasteiger partial charge on any atom is 0.225 e. The third-order valence-corrected chi connectivity index (χ3v) is 4.46. The van der Waals surface area contributed by atoms with Crippen molar-refractivity contribution in [1.82, 2.24) is 15.3 Å². The maximum absolute atomic E-state index is 4.74. The maximum atomic E-state index is 4.74. The van der Waals surface area contributed by atoms with Crippen molar-refractivity contribution in [2.24, 2.45) is 5.92 Å². The Morgan fingerprint density at radius 2 is 2.14 bits per heavy atom. The third-order valence-electron chi connectivity index (χ3n) is 4.46. The summed E-state index contributed by atoms with van der Waals surface area (Å²) in [5.74, 6) is 1.82. The second-order valence-electron chi connectivity index (χ2n) is 6.13. The first-order chi connectivity index (χ1) is 10.2. The van der Waals surface area contributed by atoms with Gasteiger partial charge < -0.3 is 10.2 Å². The first-order valence-corrected chi connectivity index (χ1v) is 8.52. The van der Waals surface area contributed by atoms with Crippen LogP contribution in [0, 0.1) is 12.8 Å².